The molecule has 3 aromatic heterocycles. The second-order valence-electron chi connectivity index (χ2n) is 10.9. The zero-order valence-electron chi connectivity index (χ0n) is 23.8. The molecule has 7 rings (SSSR count). The van der Waals surface area contributed by atoms with E-state index in [4.69, 9.17) is 10.4 Å². The van der Waals surface area contributed by atoms with Crippen molar-refractivity contribution in [2.24, 2.45) is 10.7 Å². The van der Waals surface area contributed by atoms with Crippen LogP contribution in [-0.2, 0) is 16.1 Å². The Bertz CT molecular complexity index is 2010. The van der Waals surface area contributed by atoms with Crippen LogP contribution in [0.15, 0.2) is 70.5 Å². The van der Waals surface area contributed by atoms with E-state index in [0.717, 1.165) is 27.3 Å². The lowest BCUT2D eigenvalue weighted by Gasteiger charge is -2.23. The van der Waals surface area contributed by atoms with Crippen LogP contribution in [0.5, 0.6) is 0 Å². The lowest BCUT2D eigenvalue weighted by atomic mass is 9.96. The normalized spacial score (nSPS) is 19.0. The molecule has 15 heteroatoms. The molecule has 0 spiro atoms. The molecule has 2 aliphatic rings. The molecule has 1 fully saturated rings. The van der Waals surface area contributed by atoms with E-state index in [-0.39, 0.29) is 42.6 Å². The predicted octanol–water partition coefficient (Wildman–Crippen LogP) is 2.79. The molecule has 3 unspecified atom stereocenters. The minimum absolute atomic E-state index is 0.0254. The number of primary amides is 1. The summed E-state index contributed by atoms with van der Waals surface area (Å²) in [6, 6.07) is 13.5. The maximum absolute atomic E-state index is 14.7. The third kappa shape index (κ3) is 4.97. The summed E-state index contributed by atoms with van der Waals surface area (Å²) < 4.78 is 21.0. The minimum Gasteiger partial charge on any atom is -0.364 e. The fourth-order valence-electron chi connectivity index (χ4n) is 5.88. The molecule has 3 amide bonds. The number of para-hydroxylation sites is 1. The molecular weight excluding hydrogens is 583 g/mol. The fraction of sp³-hybridized carbons (Fsp3) is 0.233. The number of aromatic nitrogens is 6. The highest BCUT2D eigenvalue weighted by atomic mass is 19.1. The highest BCUT2D eigenvalue weighted by Gasteiger charge is 2.41. The number of hydrogen-bond donors (Lipinski definition) is 2. The number of nitrogens with zero attached hydrogens (tertiary/aromatic N) is 8. The number of anilines is 1. The predicted molar refractivity (Wildman–Crippen MR) is 158 cm³/mol. The van der Waals surface area contributed by atoms with Crippen LogP contribution < -0.4 is 11.1 Å². The molecular formula is C30H25FN10O4. The van der Waals surface area contributed by atoms with Gasteiger partial charge in [-0.05, 0) is 45.7 Å². The molecule has 45 heavy (non-hydrogen) atoms. The first-order valence-electron chi connectivity index (χ1n) is 14.1. The summed E-state index contributed by atoms with van der Waals surface area (Å²) in [6.45, 7) is 1.30. The van der Waals surface area contributed by atoms with Crippen LogP contribution in [-0.4, -0.2) is 77.4 Å². The number of alkyl halides is 1. The van der Waals surface area contributed by atoms with Crippen molar-refractivity contribution in [1.82, 2.24) is 35.2 Å². The van der Waals surface area contributed by atoms with Gasteiger partial charge in [0.25, 0.3) is 5.91 Å². The number of halogens is 1. The van der Waals surface area contributed by atoms with Crippen LogP contribution in [0.2, 0.25) is 0 Å². The summed E-state index contributed by atoms with van der Waals surface area (Å²) in [6.07, 6.45) is 1.47. The van der Waals surface area contributed by atoms with Gasteiger partial charge < -0.3 is 16.0 Å². The zero-order valence-corrected chi connectivity index (χ0v) is 23.8. The van der Waals surface area contributed by atoms with Crippen molar-refractivity contribution in [3.63, 3.8) is 0 Å². The number of benzene rings is 2. The summed E-state index contributed by atoms with van der Waals surface area (Å²) in [4.78, 5) is 45.1. The van der Waals surface area contributed by atoms with Gasteiger partial charge in [-0.3, -0.25) is 19.1 Å². The van der Waals surface area contributed by atoms with Gasteiger partial charge in [0.2, 0.25) is 17.6 Å². The van der Waals surface area contributed by atoms with Crippen molar-refractivity contribution in [1.29, 1.82) is 0 Å². The lowest BCUT2D eigenvalue weighted by molar-refractivity contribution is -0.137. The van der Waals surface area contributed by atoms with Gasteiger partial charge in [0.1, 0.15) is 18.8 Å². The Morgan fingerprint density at radius 3 is 2.71 bits per heavy atom. The van der Waals surface area contributed by atoms with Crippen LogP contribution in [0.3, 0.4) is 0 Å². The molecule has 5 heterocycles. The molecule has 226 valence electrons. The molecule has 0 aliphatic carbocycles. The number of nitrogens with one attached hydrogen (secondary N) is 1. The van der Waals surface area contributed by atoms with Gasteiger partial charge in [0.15, 0.2) is 11.4 Å². The average Bonchev–Trinajstić information content (AvgIpc) is 3.82. The topological polar surface area (TPSA) is 187 Å². The van der Waals surface area contributed by atoms with Gasteiger partial charge in [0, 0.05) is 23.3 Å². The zero-order chi connectivity index (χ0) is 31.2. The van der Waals surface area contributed by atoms with E-state index in [1.54, 1.807) is 36.7 Å². The Morgan fingerprint density at radius 2 is 1.93 bits per heavy atom. The number of nitrogens with two attached hydrogens (primary N) is 1. The maximum Gasteiger partial charge on any atom is 0.269 e. The van der Waals surface area contributed by atoms with Crippen LogP contribution in [0.1, 0.15) is 41.0 Å². The third-order valence-corrected chi connectivity index (χ3v) is 8.09. The number of amides is 3. The first-order chi connectivity index (χ1) is 21.8. The van der Waals surface area contributed by atoms with E-state index in [9.17, 15) is 18.8 Å². The van der Waals surface area contributed by atoms with E-state index < -0.39 is 29.9 Å². The molecule has 0 saturated carbocycles. The Hall–Kier alpha value is -5.86. The van der Waals surface area contributed by atoms with Crippen LogP contribution in [0, 0.1) is 0 Å². The van der Waals surface area contributed by atoms with Crippen molar-refractivity contribution >= 4 is 45.8 Å². The number of rotatable bonds is 7. The minimum atomic E-state index is -1.43. The number of fused-ring (bicyclic) bond motifs is 2. The summed E-state index contributed by atoms with van der Waals surface area (Å²) in [5.41, 5.74) is 10.1. The molecule has 0 bridgehead atoms. The molecule has 14 nitrogen and oxygen atoms in total. The van der Waals surface area contributed by atoms with Crippen molar-refractivity contribution in [3.8, 4) is 11.1 Å². The first kappa shape index (κ1) is 27.9. The highest BCUT2D eigenvalue weighted by Crippen LogP contribution is 2.38. The van der Waals surface area contributed by atoms with Crippen molar-refractivity contribution < 1.29 is 23.4 Å². The van der Waals surface area contributed by atoms with Gasteiger partial charge in [-0.15, -0.1) is 0 Å². The van der Waals surface area contributed by atoms with E-state index in [1.807, 2.05) is 31.2 Å². The summed E-state index contributed by atoms with van der Waals surface area (Å²) in [7, 11) is 0. The maximum atomic E-state index is 14.7. The summed E-state index contributed by atoms with van der Waals surface area (Å²) in [5, 5.41) is 22.8. The quantitative estimate of drug-likeness (QED) is 0.280. The van der Waals surface area contributed by atoms with Gasteiger partial charge >= 0.3 is 0 Å². The standard InChI is InChI=1S/C30H25FN10O4/c1-15-19-4-2-3-5-21(19)35-25(15)27-29(39-45-38-27)36-30(44)23-11-18(31)13-40(23)24(42)14-41-22-7-6-16(17-8-9-33-34-12-17)10-20(22)26(37-41)28(32)43/h2-10,12,15,18,23H,11,13-14H2,1H3,(H2,32,43)(H,36,39,44). The van der Waals surface area contributed by atoms with Gasteiger partial charge in [-0.2, -0.15) is 15.3 Å². The Kier molecular flexibility index (Phi) is 6.83. The van der Waals surface area contributed by atoms with E-state index >= 15 is 0 Å². The number of aliphatic imine (C=N–C) groups is 1. The first-order valence-corrected chi connectivity index (χ1v) is 14.1. The molecule has 0 radical (unpaired) electrons. The molecule has 1 saturated heterocycles. The number of carbonyl (C=O) groups is 3. The Balaban J connectivity index is 1.12. The Morgan fingerprint density at radius 1 is 1.09 bits per heavy atom. The van der Waals surface area contributed by atoms with Crippen molar-refractivity contribution in [3.05, 3.63) is 77.9 Å². The van der Waals surface area contributed by atoms with Crippen molar-refractivity contribution in [2.45, 2.75) is 38.0 Å². The summed E-state index contributed by atoms with van der Waals surface area (Å²) in [5.74, 6) is -2.10. The number of carbonyl (C=O) groups excluding carboxylic acids is 3. The largest absolute Gasteiger partial charge is 0.364 e. The monoisotopic (exact) mass is 608 g/mol. The third-order valence-electron chi connectivity index (χ3n) is 8.09. The second kappa shape index (κ2) is 11.0. The van der Waals surface area contributed by atoms with Gasteiger partial charge in [-0.25, -0.2) is 14.0 Å². The van der Waals surface area contributed by atoms with E-state index in [1.165, 1.54) is 4.68 Å². The Labute approximate surface area is 254 Å². The average molecular weight is 609 g/mol. The number of likely N-dealkylation sites (tertiary alicyclic amines) is 1. The smallest absolute Gasteiger partial charge is 0.269 e. The fourth-order valence-corrected chi connectivity index (χ4v) is 5.88. The van der Waals surface area contributed by atoms with Crippen LogP contribution >= 0.6 is 0 Å². The second-order valence-corrected chi connectivity index (χ2v) is 10.9. The van der Waals surface area contributed by atoms with Gasteiger partial charge in [0.05, 0.1) is 35.9 Å². The lowest BCUT2D eigenvalue weighted by Crippen LogP contribution is -2.44. The summed E-state index contributed by atoms with van der Waals surface area (Å²) >= 11 is 0. The van der Waals surface area contributed by atoms with Crippen LogP contribution in [0.25, 0.3) is 22.0 Å². The van der Waals surface area contributed by atoms with Gasteiger partial charge in [-0.1, -0.05) is 31.2 Å². The van der Waals surface area contributed by atoms with Crippen LogP contribution in [0.4, 0.5) is 15.9 Å². The van der Waals surface area contributed by atoms with E-state index in [0.29, 0.717) is 16.6 Å². The van der Waals surface area contributed by atoms with E-state index in [2.05, 4.69) is 35.9 Å². The molecule has 5 aromatic rings. The number of hydrogen-bond acceptors (Lipinski definition) is 10. The van der Waals surface area contributed by atoms with Crippen molar-refractivity contribution in [2.75, 3.05) is 11.9 Å². The molecule has 2 aliphatic heterocycles. The molecule has 2 aromatic carbocycles. The SMILES string of the molecule is CC1C(c2nonc2NC(=O)C2CC(F)CN2C(=O)Cn2nc(C(N)=O)c3cc(-c4ccnnc4)ccc32)=Nc2ccccc21. The highest BCUT2D eigenvalue weighted by molar-refractivity contribution is 6.12. The molecule has 3 N–H and O–H groups in total. The molecule has 3 atom stereocenters.